The fourth-order valence-corrected chi connectivity index (χ4v) is 0.525. The monoisotopic (exact) mass is 175 g/mol. The van der Waals surface area contributed by atoms with Gasteiger partial charge in [-0.1, -0.05) is 19.1 Å². The molecule has 2 nitrogen and oxygen atoms in total. The third-order valence-electron chi connectivity index (χ3n) is 1.25. The standard InChI is InChI=1S/C8H17NOS/c1-6(7(9)11)5-10-8(2,3)4/h6H,5H2,1-4H3,(H2,9,11). The summed E-state index contributed by atoms with van der Waals surface area (Å²) >= 11 is 4.80. The molecule has 0 heterocycles. The van der Waals surface area contributed by atoms with Crippen LogP contribution in [0.25, 0.3) is 0 Å². The van der Waals surface area contributed by atoms with Crippen molar-refractivity contribution in [1.82, 2.24) is 0 Å². The predicted molar refractivity (Wildman–Crippen MR) is 51.7 cm³/mol. The molecule has 3 heteroatoms. The van der Waals surface area contributed by atoms with E-state index in [1.807, 2.05) is 27.7 Å². The highest BCUT2D eigenvalue weighted by Gasteiger charge is 2.13. The normalized spacial score (nSPS) is 14.5. The Hall–Kier alpha value is -0.150. The molecule has 66 valence electrons. The maximum absolute atomic E-state index is 5.48. The van der Waals surface area contributed by atoms with Crippen molar-refractivity contribution < 1.29 is 4.74 Å². The van der Waals surface area contributed by atoms with Gasteiger partial charge >= 0.3 is 0 Å². The number of hydrogen-bond donors (Lipinski definition) is 1. The minimum absolute atomic E-state index is 0.0982. The van der Waals surface area contributed by atoms with Crippen LogP contribution in [0.4, 0.5) is 0 Å². The first kappa shape index (κ1) is 10.8. The highest BCUT2D eigenvalue weighted by molar-refractivity contribution is 7.80. The van der Waals surface area contributed by atoms with Crippen LogP contribution in [0.5, 0.6) is 0 Å². The van der Waals surface area contributed by atoms with E-state index in [1.54, 1.807) is 0 Å². The average molecular weight is 175 g/mol. The predicted octanol–water partition coefficient (Wildman–Crippen LogP) is 1.72. The SMILES string of the molecule is CC(COC(C)(C)C)C(N)=S. The maximum Gasteiger partial charge on any atom is 0.0779 e. The molecule has 0 aliphatic carbocycles. The quantitative estimate of drug-likeness (QED) is 0.663. The van der Waals surface area contributed by atoms with Gasteiger partial charge in [-0.15, -0.1) is 0 Å². The molecule has 0 bridgehead atoms. The first-order valence-corrected chi connectivity index (χ1v) is 4.17. The van der Waals surface area contributed by atoms with Crippen molar-refractivity contribution in [3.05, 3.63) is 0 Å². The van der Waals surface area contributed by atoms with E-state index in [-0.39, 0.29) is 11.5 Å². The molecular formula is C8H17NOS. The second kappa shape index (κ2) is 4.02. The summed E-state index contributed by atoms with van der Waals surface area (Å²) in [5.41, 5.74) is 5.32. The van der Waals surface area contributed by atoms with Gasteiger partial charge in [0.2, 0.25) is 0 Å². The van der Waals surface area contributed by atoms with E-state index in [2.05, 4.69) is 0 Å². The summed E-state index contributed by atoms with van der Waals surface area (Å²) in [6.45, 7) is 8.62. The summed E-state index contributed by atoms with van der Waals surface area (Å²) in [7, 11) is 0. The second-order valence-electron chi connectivity index (χ2n) is 3.73. The van der Waals surface area contributed by atoms with Crippen LogP contribution in [-0.2, 0) is 4.74 Å². The third-order valence-corrected chi connectivity index (χ3v) is 1.65. The third kappa shape index (κ3) is 6.26. The summed E-state index contributed by atoms with van der Waals surface area (Å²) in [4.78, 5) is 0.522. The van der Waals surface area contributed by atoms with Crippen molar-refractivity contribution >= 4 is 17.2 Å². The van der Waals surface area contributed by atoms with E-state index in [0.29, 0.717) is 11.6 Å². The number of nitrogens with two attached hydrogens (primary N) is 1. The molecule has 1 atom stereocenters. The van der Waals surface area contributed by atoms with Crippen molar-refractivity contribution in [3.8, 4) is 0 Å². The van der Waals surface area contributed by atoms with E-state index >= 15 is 0 Å². The average Bonchev–Trinajstić information content (AvgIpc) is 1.80. The lowest BCUT2D eigenvalue weighted by atomic mass is 10.1. The van der Waals surface area contributed by atoms with Crippen molar-refractivity contribution in [2.24, 2.45) is 11.7 Å². The Labute approximate surface area is 74.1 Å². The lowest BCUT2D eigenvalue weighted by molar-refractivity contribution is -0.0103. The fourth-order valence-electron chi connectivity index (χ4n) is 0.457. The summed E-state index contributed by atoms with van der Waals surface area (Å²) in [6.07, 6.45) is 0. The molecule has 0 aliphatic rings. The molecule has 0 saturated heterocycles. The molecule has 0 aliphatic heterocycles. The molecule has 0 spiro atoms. The smallest absolute Gasteiger partial charge is 0.0779 e. The van der Waals surface area contributed by atoms with Crippen LogP contribution in [0.2, 0.25) is 0 Å². The first-order chi connectivity index (χ1) is 4.83. The Morgan fingerprint density at radius 2 is 2.00 bits per heavy atom. The highest BCUT2D eigenvalue weighted by atomic mass is 32.1. The molecule has 0 aromatic carbocycles. The largest absolute Gasteiger partial charge is 0.393 e. The Morgan fingerprint density at radius 3 is 2.27 bits per heavy atom. The maximum atomic E-state index is 5.48. The van der Waals surface area contributed by atoms with Crippen LogP contribution in [-0.4, -0.2) is 17.2 Å². The van der Waals surface area contributed by atoms with Crippen LogP contribution < -0.4 is 5.73 Å². The topological polar surface area (TPSA) is 35.2 Å². The van der Waals surface area contributed by atoms with E-state index in [0.717, 1.165) is 0 Å². The number of rotatable bonds is 3. The van der Waals surface area contributed by atoms with Crippen LogP contribution in [0.15, 0.2) is 0 Å². The first-order valence-electron chi connectivity index (χ1n) is 3.76. The Balaban J connectivity index is 3.63. The molecule has 0 fully saturated rings. The van der Waals surface area contributed by atoms with Crippen LogP contribution in [0, 0.1) is 5.92 Å². The molecule has 0 saturated carbocycles. The number of thiocarbonyl (C=S) groups is 1. The van der Waals surface area contributed by atoms with E-state index < -0.39 is 0 Å². The highest BCUT2D eigenvalue weighted by Crippen LogP contribution is 2.09. The second-order valence-corrected chi connectivity index (χ2v) is 4.20. The van der Waals surface area contributed by atoms with Gasteiger partial charge in [0.25, 0.3) is 0 Å². The lowest BCUT2D eigenvalue weighted by Crippen LogP contribution is -2.28. The molecule has 0 aromatic heterocycles. The van der Waals surface area contributed by atoms with Gasteiger partial charge in [0, 0.05) is 5.92 Å². The summed E-state index contributed by atoms with van der Waals surface area (Å²) in [5.74, 6) is 0.171. The molecule has 1 unspecified atom stereocenters. The van der Waals surface area contributed by atoms with Gasteiger partial charge in [0.15, 0.2) is 0 Å². The zero-order valence-corrected chi connectivity index (χ0v) is 8.49. The van der Waals surface area contributed by atoms with Gasteiger partial charge in [-0.25, -0.2) is 0 Å². The van der Waals surface area contributed by atoms with Crippen LogP contribution in [0.1, 0.15) is 27.7 Å². The van der Waals surface area contributed by atoms with E-state index in [9.17, 15) is 0 Å². The minimum Gasteiger partial charge on any atom is -0.393 e. The van der Waals surface area contributed by atoms with E-state index in [4.69, 9.17) is 22.7 Å². The van der Waals surface area contributed by atoms with Crippen molar-refractivity contribution in [1.29, 1.82) is 0 Å². The summed E-state index contributed by atoms with van der Waals surface area (Å²) < 4.78 is 5.48. The van der Waals surface area contributed by atoms with Gasteiger partial charge in [0.05, 0.1) is 17.2 Å². The number of hydrogen-bond acceptors (Lipinski definition) is 2. The van der Waals surface area contributed by atoms with Crippen molar-refractivity contribution in [2.75, 3.05) is 6.61 Å². The van der Waals surface area contributed by atoms with Crippen LogP contribution in [0.3, 0.4) is 0 Å². The van der Waals surface area contributed by atoms with Gasteiger partial charge in [-0.2, -0.15) is 0 Å². The van der Waals surface area contributed by atoms with Gasteiger partial charge in [0.1, 0.15) is 0 Å². The summed E-state index contributed by atoms with van der Waals surface area (Å²) in [5, 5.41) is 0. The molecule has 2 N–H and O–H groups in total. The van der Waals surface area contributed by atoms with Gasteiger partial charge < -0.3 is 10.5 Å². The Morgan fingerprint density at radius 1 is 1.55 bits per heavy atom. The Kier molecular flexibility index (Phi) is 3.97. The molecule has 0 aromatic rings. The zero-order valence-electron chi connectivity index (χ0n) is 7.68. The van der Waals surface area contributed by atoms with Crippen molar-refractivity contribution in [3.63, 3.8) is 0 Å². The minimum atomic E-state index is -0.0982. The zero-order chi connectivity index (χ0) is 9.07. The number of ether oxygens (including phenoxy) is 1. The molecule has 0 rings (SSSR count). The van der Waals surface area contributed by atoms with Gasteiger partial charge in [-0.3, -0.25) is 0 Å². The molecule has 11 heavy (non-hydrogen) atoms. The molecular weight excluding hydrogens is 158 g/mol. The Bertz CT molecular complexity index is 140. The van der Waals surface area contributed by atoms with Gasteiger partial charge in [-0.05, 0) is 20.8 Å². The lowest BCUT2D eigenvalue weighted by Gasteiger charge is -2.21. The van der Waals surface area contributed by atoms with Crippen molar-refractivity contribution in [2.45, 2.75) is 33.3 Å². The summed E-state index contributed by atoms with van der Waals surface area (Å²) in [6, 6.07) is 0. The molecule has 0 amide bonds. The fraction of sp³-hybridized carbons (Fsp3) is 0.875. The molecule has 0 radical (unpaired) electrons. The van der Waals surface area contributed by atoms with Crippen LogP contribution >= 0.6 is 12.2 Å². The van der Waals surface area contributed by atoms with E-state index in [1.165, 1.54) is 0 Å².